The zero-order chi connectivity index (χ0) is 14.8. The average Bonchev–Trinajstić information content (AvgIpc) is 2.86. The number of hydrogen-bond acceptors (Lipinski definition) is 3. The van der Waals surface area contributed by atoms with Gasteiger partial charge in [0.15, 0.2) is 0 Å². The van der Waals surface area contributed by atoms with Crippen LogP contribution >= 0.6 is 24.8 Å². The Balaban J connectivity index is 0.00000220. The molecule has 1 atom stereocenters. The summed E-state index contributed by atoms with van der Waals surface area (Å²) >= 11 is 0. The van der Waals surface area contributed by atoms with Crippen LogP contribution in [0.1, 0.15) is 28.9 Å². The number of likely N-dealkylation sites (tertiary alicyclic amines) is 1. The van der Waals surface area contributed by atoms with Crippen molar-refractivity contribution in [3.63, 3.8) is 0 Å². The van der Waals surface area contributed by atoms with Crippen molar-refractivity contribution in [2.24, 2.45) is 0 Å². The molecule has 4 nitrogen and oxygen atoms in total. The second kappa shape index (κ2) is 8.55. The third kappa shape index (κ3) is 4.72. The van der Waals surface area contributed by atoms with E-state index < -0.39 is 11.7 Å². The van der Waals surface area contributed by atoms with Gasteiger partial charge in [0.05, 0.1) is 5.56 Å². The van der Waals surface area contributed by atoms with Gasteiger partial charge in [0.25, 0.3) is 5.91 Å². The SMILES string of the molecule is CNCC1CCCN1C(=O)c1ccc(C(F)(F)F)cn1.Cl.Cl. The minimum atomic E-state index is -4.43. The van der Waals surface area contributed by atoms with Crippen molar-refractivity contribution < 1.29 is 18.0 Å². The molecule has 1 fully saturated rings. The highest BCUT2D eigenvalue weighted by molar-refractivity contribution is 5.92. The van der Waals surface area contributed by atoms with E-state index in [0.29, 0.717) is 19.3 Å². The summed E-state index contributed by atoms with van der Waals surface area (Å²) in [5, 5.41) is 3.01. The number of alkyl halides is 3. The molecule has 0 bridgehead atoms. The number of carbonyl (C=O) groups excluding carboxylic acids is 1. The normalized spacial score (nSPS) is 17.6. The lowest BCUT2D eigenvalue weighted by molar-refractivity contribution is -0.137. The maximum absolute atomic E-state index is 12.4. The van der Waals surface area contributed by atoms with E-state index in [2.05, 4.69) is 10.3 Å². The highest BCUT2D eigenvalue weighted by Crippen LogP contribution is 2.28. The maximum Gasteiger partial charge on any atom is 0.417 e. The van der Waals surface area contributed by atoms with Crippen LogP contribution in [-0.4, -0.2) is 42.0 Å². The zero-order valence-electron chi connectivity index (χ0n) is 11.9. The second-order valence-corrected chi connectivity index (χ2v) is 4.78. The number of halogens is 5. The molecule has 0 aromatic carbocycles. The fourth-order valence-corrected chi connectivity index (χ4v) is 2.39. The van der Waals surface area contributed by atoms with Gasteiger partial charge in [-0.05, 0) is 32.0 Å². The lowest BCUT2D eigenvalue weighted by Crippen LogP contribution is -2.41. The van der Waals surface area contributed by atoms with Crippen LogP contribution in [0.15, 0.2) is 18.3 Å². The number of nitrogens with one attached hydrogen (secondary N) is 1. The van der Waals surface area contributed by atoms with E-state index in [1.807, 2.05) is 0 Å². The topological polar surface area (TPSA) is 45.2 Å². The summed E-state index contributed by atoms with van der Waals surface area (Å²) in [7, 11) is 1.80. The Morgan fingerprint density at radius 3 is 2.59 bits per heavy atom. The standard InChI is InChI=1S/C13H16F3N3O.2ClH/c1-17-8-10-3-2-6-19(10)12(20)11-5-4-9(7-18-11)13(14,15)16;;/h4-5,7,10,17H,2-3,6,8H2,1H3;2*1H. The lowest BCUT2D eigenvalue weighted by Gasteiger charge is -2.24. The number of rotatable bonds is 3. The third-order valence-electron chi connectivity index (χ3n) is 3.39. The molecule has 126 valence electrons. The van der Waals surface area contributed by atoms with Crippen molar-refractivity contribution in [2.75, 3.05) is 20.1 Å². The predicted octanol–water partition coefficient (Wildman–Crippen LogP) is 2.77. The molecule has 1 amide bonds. The van der Waals surface area contributed by atoms with E-state index in [4.69, 9.17) is 0 Å². The molecule has 0 radical (unpaired) electrons. The first-order chi connectivity index (χ1) is 9.43. The first-order valence-electron chi connectivity index (χ1n) is 6.42. The minimum absolute atomic E-state index is 0. The zero-order valence-corrected chi connectivity index (χ0v) is 13.5. The van der Waals surface area contributed by atoms with Crippen LogP contribution in [0.25, 0.3) is 0 Å². The Labute approximate surface area is 139 Å². The molecular weight excluding hydrogens is 342 g/mol. The van der Waals surface area contributed by atoms with Crippen molar-refractivity contribution in [2.45, 2.75) is 25.1 Å². The Morgan fingerprint density at radius 1 is 1.41 bits per heavy atom. The molecule has 1 unspecified atom stereocenters. The lowest BCUT2D eigenvalue weighted by atomic mass is 10.2. The van der Waals surface area contributed by atoms with E-state index in [-0.39, 0.29) is 42.5 Å². The van der Waals surface area contributed by atoms with Crippen LogP contribution in [0.2, 0.25) is 0 Å². The molecule has 1 N–H and O–H groups in total. The summed E-state index contributed by atoms with van der Waals surface area (Å²) in [6.45, 7) is 1.29. The van der Waals surface area contributed by atoms with Crippen LogP contribution in [0.5, 0.6) is 0 Å². The van der Waals surface area contributed by atoms with Gasteiger partial charge in [0.2, 0.25) is 0 Å². The smallest absolute Gasteiger partial charge is 0.333 e. The van der Waals surface area contributed by atoms with Crippen LogP contribution < -0.4 is 5.32 Å². The van der Waals surface area contributed by atoms with Crippen LogP contribution in [-0.2, 0) is 6.18 Å². The summed E-state index contributed by atoms with van der Waals surface area (Å²) in [5.41, 5.74) is -0.789. The average molecular weight is 360 g/mol. The van der Waals surface area contributed by atoms with Crippen LogP contribution in [0, 0.1) is 0 Å². The summed E-state index contributed by atoms with van der Waals surface area (Å²) in [6, 6.07) is 2.11. The molecule has 1 aromatic heterocycles. The van der Waals surface area contributed by atoms with Crippen molar-refractivity contribution >= 4 is 30.7 Å². The molecule has 0 saturated carbocycles. The maximum atomic E-state index is 12.4. The van der Waals surface area contributed by atoms with Gasteiger partial charge in [-0.25, -0.2) is 0 Å². The number of aromatic nitrogens is 1. The molecule has 9 heteroatoms. The molecule has 2 heterocycles. The Bertz CT molecular complexity index is 482. The van der Waals surface area contributed by atoms with Crippen molar-refractivity contribution in [1.29, 1.82) is 0 Å². The summed E-state index contributed by atoms with van der Waals surface area (Å²) in [4.78, 5) is 17.6. The van der Waals surface area contributed by atoms with E-state index in [0.717, 1.165) is 25.0 Å². The van der Waals surface area contributed by atoms with Crippen LogP contribution in [0.3, 0.4) is 0 Å². The molecule has 1 aromatic rings. The number of hydrogen-bond donors (Lipinski definition) is 1. The van der Waals surface area contributed by atoms with Gasteiger partial charge in [0.1, 0.15) is 5.69 Å². The fraction of sp³-hybridized carbons (Fsp3) is 0.538. The second-order valence-electron chi connectivity index (χ2n) is 4.78. The Hall–Kier alpha value is -1.05. The summed E-state index contributed by atoms with van der Waals surface area (Å²) in [6.07, 6.45) is -1.93. The Kier molecular flexibility index (Phi) is 8.14. The third-order valence-corrected chi connectivity index (χ3v) is 3.39. The number of likely N-dealkylation sites (N-methyl/N-ethyl adjacent to an activating group) is 1. The van der Waals surface area contributed by atoms with Gasteiger partial charge < -0.3 is 10.2 Å². The van der Waals surface area contributed by atoms with Crippen LogP contribution in [0.4, 0.5) is 13.2 Å². The Morgan fingerprint density at radius 2 is 2.09 bits per heavy atom. The molecular formula is C13H18Cl2F3N3O. The highest BCUT2D eigenvalue weighted by Gasteiger charge is 2.32. The van der Waals surface area contributed by atoms with E-state index in [1.165, 1.54) is 0 Å². The first-order valence-corrected chi connectivity index (χ1v) is 6.42. The number of nitrogens with zero attached hydrogens (tertiary/aromatic N) is 2. The van der Waals surface area contributed by atoms with Gasteiger partial charge in [-0.1, -0.05) is 0 Å². The van der Waals surface area contributed by atoms with Gasteiger partial charge in [-0.2, -0.15) is 13.2 Å². The molecule has 2 rings (SSSR count). The minimum Gasteiger partial charge on any atom is -0.333 e. The molecule has 1 aliphatic rings. The summed E-state index contributed by atoms with van der Waals surface area (Å²) < 4.78 is 37.3. The van der Waals surface area contributed by atoms with Gasteiger partial charge in [-0.15, -0.1) is 24.8 Å². The molecule has 0 spiro atoms. The number of pyridine rings is 1. The summed E-state index contributed by atoms with van der Waals surface area (Å²) in [5.74, 6) is -0.309. The van der Waals surface area contributed by atoms with Gasteiger partial charge >= 0.3 is 6.18 Å². The highest BCUT2D eigenvalue weighted by atomic mass is 35.5. The number of carbonyl (C=O) groups is 1. The first kappa shape index (κ1) is 20.9. The van der Waals surface area contributed by atoms with E-state index in [1.54, 1.807) is 11.9 Å². The van der Waals surface area contributed by atoms with Gasteiger partial charge in [0, 0.05) is 25.3 Å². The fourth-order valence-electron chi connectivity index (χ4n) is 2.39. The van der Waals surface area contributed by atoms with Crippen molar-refractivity contribution in [3.8, 4) is 0 Å². The molecule has 0 aliphatic carbocycles. The monoisotopic (exact) mass is 359 g/mol. The van der Waals surface area contributed by atoms with E-state index >= 15 is 0 Å². The quantitative estimate of drug-likeness (QED) is 0.902. The molecule has 1 saturated heterocycles. The van der Waals surface area contributed by atoms with Crippen molar-refractivity contribution in [1.82, 2.24) is 15.2 Å². The predicted molar refractivity (Wildman–Crippen MR) is 81.7 cm³/mol. The largest absolute Gasteiger partial charge is 0.417 e. The van der Waals surface area contributed by atoms with Gasteiger partial charge in [-0.3, -0.25) is 9.78 Å². The van der Waals surface area contributed by atoms with Crippen molar-refractivity contribution in [3.05, 3.63) is 29.6 Å². The van der Waals surface area contributed by atoms with E-state index in [9.17, 15) is 18.0 Å². The number of amides is 1. The molecule has 1 aliphatic heterocycles. The molecule has 22 heavy (non-hydrogen) atoms.